The molecule has 1 aromatic rings. The summed E-state index contributed by atoms with van der Waals surface area (Å²) in [5, 5.41) is 0. The van der Waals surface area contributed by atoms with E-state index < -0.39 is 0 Å². The molecule has 2 fully saturated rings. The highest BCUT2D eigenvalue weighted by molar-refractivity contribution is 5.94. The van der Waals surface area contributed by atoms with Crippen LogP contribution in [0.25, 0.3) is 0 Å². The summed E-state index contributed by atoms with van der Waals surface area (Å²) in [6.45, 7) is 11.0. The first-order valence-corrected chi connectivity index (χ1v) is 9.87. The van der Waals surface area contributed by atoms with Crippen LogP contribution in [0, 0.1) is 5.92 Å². The zero-order valence-electron chi connectivity index (χ0n) is 16.1. The van der Waals surface area contributed by atoms with E-state index in [9.17, 15) is 4.79 Å². The van der Waals surface area contributed by atoms with Gasteiger partial charge in [0.15, 0.2) is 0 Å². The van der Waals surface area contributed by atoms with Gasteiger partial charge in [-0.05, 0) is 56.8 Å². The quantitative estimate of drug-likeness (QED) is 0.841. The van der Waals surface area contributed by atoms with Gasteiger partial charge in [-0.1, -0.05) is 19.1 Å². The molecule has 1 amide bonds. The fourth-order valence-corrected chi connectivity index (χ4v) is 4.16. The number of likely N-dealkylation sites (tertiary alicyclic amines) is 1. The minimum atomic E-state index is 0.203. The van der Waals surface area contributed by atoms with E-state index in [1.54, 1.807) is 0 Å². The molecule has 0 radical (unpaired) electrons. The Kier molecular flexibility index (Phi) is 6.13. The van der Waals surface area contributed by atoms with E-state index in [1.807, 2.05) is 17.0 Å². The third-order valence-electron chi connectivity index (χ3n) is 5.97. The average molecular weight is 344 g/mol. The van der Waals surface area contributed by atoms with Gasteiger partial charge in [0.05, 0.1) is 0 Å². The molecule has 138 valence electrons. The van der Waals surface area contributed by atoms with Crippen molar-refractivity contribution in [3.05, 3.63) is 35.4 Å². The van der Waals surface area contributed by atoms with Gasteiger partial charge < -0.3 is 9.80 Å². The van der Waals surface area contributed by atoms with Crippen molar-refractivity contribution in [1.29, 1.82) is 0 Å². The minimum Gasteiger partial charge on any atom is -0.339 e. The number of aryl methyl sites for hydroxylation is 1. The number of carbonyl (C=O) groups is 1. The molecule has 2 heterocycles. The van der Waals surface area contributed by atoms with Crippen molar-refractivity contribution in [3.8, 4) is 0 Å². The van der Waals surface area contributed by atoms with Crippen LogP contribution < -0.4 is 0 Å². The number of hydrogen-bond donors (Lipinski definition) is 0. The van der Waals surface area contributed by atoms with Crippen molar-refractivity contribution in [2.24, 2.45) is 5.92 Å². The summed E-state index contributed by atoms with van der Waals surface area (Å²) in [6.07, 6.45) is 3.29. The first-order chi connectivity index (χ1) is 12.1. The van der Waals surface area contributed by atoms with Crippen LogP contribution in [0.4, 0.5) is 0 Å². The van der Waals surface area contributed by atoms with E-state index in [-0.39, 0.29) is 5.91 Å². The smallest absolute Gasteiger partial charge is 0.253 e. The van der Waals surface area contributed by atoms with Crippen molar-refractivity contribution in [1.82, 2.24) is 14.7 Å². The molecule has 3 rings (SSSR count). The fraction of sp³-hybridized carbons (Fsp3) is 0.667. The van der Waals surface area contributed by atoms with Gasteiger partial charge in [0.1, 0.15) is 0 Å². The minimum absolute atomic E-state index is 0.203. The molecule has 0 bridgehead atoms. The summed E-state index contributed by atoms with van der Waals surface area (Å²) in [4.78, 5) is 19.8. The summed E-state index contributed by atoms with van der Waals surface area (Å²) in [7, 11) is 2.21. The Morgan fingerprint density at radius 2 is 1.76 bits per heavy atom. The van der Waals surface area contributed by atoms with Crippen LogP contribution in [0.3, 0.4) is 0 Å². The second-order valence-electron chi connectivity index (χ2n) is 7.89. The van der Waals surface area contributed by atoms with Crippen LogP contribution in [0.5, 0.6) is 0 Å². The van der Waals surface area contributed by atoms with Crippen molar-refractivity contribution < 1.29 is 4.79 Å². The number of hydrogen-bond acceptors (Lipinski definition) is 3. The largest absolute Gasteiger partial charge is 0.339 e. The third kappa shape index (κ3) is 4.62. The monoisotopic (exact) mass is 343 g/mol. The molecular formula is C21H33N3O. The number of amides is 1. The Balaban J connectivity index is 1.48. The van der Waals surface area contributed by atoms with Crippen molar-refractivity contribution in [2.75, 3.05) is 46.3 Å². The first-order valence-electron chi connectivity index (χ1n) is 9.87. The van der Waals surface area contributed by atoms with Crippen LogP contribution in [0.1, 0.15) is 42.6 Å². The predicted octanol–water partition coefficient (Wildman–Crippen LogP) is 2.74. The van der Waals surface area contributed by atoms with E-state index >= 15 is 0 Å². The van der Waals surface area contributed by atoms with Crippen molar-refractivity contribution in [2.45, 2.75) is 39.2 Å². The Morgan fingerprint density at radius 3 is 2.36 bits per heavy atom. The van der Waals surface area contributed by atoms with Gasteiger partial charge in [-0.2, -0.15) is 0 Å². The highest BCUT2D eigenvalue weighted by Gasteiger charge is 2.28. The summed E-state index contributed by atoms with van der Waals surface area (Å²) in [6, 6.07) is 8.78. The molecule has 2 saturated heterocycles. The van der Waals surface area contributed by atoms with Crippen molar-refractivity contribution in [3.63, 3.8) is 0 Å². The standard InChI is InChI=1S/C21H33N3O/c1-4-18-5-7-20(8-6-18)21(25)23-11-9-19(10-12-23)16-24-14-13-22(3)15-17(24)2/h5-8,17,19H,4,9-16H2,1-3H3/t17-/m0/s1. The van der Waals surface area contributed by atoms with Gasteiger partial charge in [0, 0.05) is 50.9 Å². The highest BCUT2D eigenvalue weighted by atomic mass is 16.2. The molecule has 25 heavy (non-hydrogen) atoms. The van der Waals surface area contributed by atoms with E-state index in [0.717, 1.165) is 43.8 Å². The summed E-state index contributed by atoms with van der Waals surface area (Å²) < 4.78 is 0. The van der Waals surface area contributed by atoms with Crippen LogP contribution in [-0.2, 0) is 6.42 Å². The highest BCUT2D eigenvalue weighted by Crippen LogP contribution is 2.22. The lowest BCUT2D eigenvalue weighted by molar-refractivity contribution is 0.0556. The number of benzene rings is 1. The van der Waals surface area contributed by atoms with Gasteiger partial charge in [-0.25, -0.2) is 0 Å². The van der Waals surface area contributed by atoms with Crippen LogP contribution in [-0.4, -0.2) is 73.0 Å². The van der Waals surface area contributed by atoms with E-state index in [1.165, 1.54) is 31.7 Å². The van der Waals surface area contributed by atoms with Gasteiger partial charge in [-0.15, -0.1) is 0 Å². The SMILES string of the molecule is CCc1ccc(C(=O)N2CCC(CN3CCN(C)C[C@@H]3C)CC2)cc1. The maximum absolute atomic E-state index is 12.7. The maximum Gasteiger partial charge on any atom is 0.253 e. The van der Waals surface area contributed by atoms with Crippen molar-refractivity contribution >= 4 is 5.91 Å². The Bertz CT molecular complexity index is 563. The second kappa shape index (κ2) is 8.33. The Hall–Kier alpha value is -1.39. The molecular weight excluding hydrogens is 310 g/mol. The fourth-order valence-electron chi connectivity index (χ4n) is 4.16. The molecule has 0 N–H and O–H groups in total. The normalized spacial score (nSPS) is 23.8. The van der Waals surface area contributed by atoms with E-state index in [4.69, 9.17) is 0 Å². The molecule has 2 aliphatic heterocycles. The lowest BCUT2D eigenvalue weighted by Crippen LogP contribution is -2.52. The number of carbonyl (C=O) groups excluding carboxylic acids is 1. The Morgan fingerprint density at radius 1 is 1.08 bits per heavy atom. The zero-order valence-corrected chi connectivity index (χ0v) is 16.1. The molecule has 2 aliphatic rings. The van der Waals surface area contributed by atoms with Crippen LogP contribution >= 0.6 is 0 Å². The zero-order chi connectivity index (χ0) is 17.8. The molecule has 1 aromatic carbocycles. The van der Waals surface area contributed by atoms with Gasteiger partial charge in [-0.3, -0.25) is 9.69 Å². The summed E-state index contributed by atoms with van der Waals surface area (Å²) in [5.41, 5.74) is 2.12. The topological polar surface area (TPSA) is 26.8 Å². The number of piperidine rings is 1. The summed E-state index contributed by atoms with van der Waals surface area (Å²) >= 11 is 0. The van der Waals surface area contributed by atoms with Crippen LogP contribution in [0.2, 0.25) is 0 Å². The molecule has 0 spiro atoms. The molecule has 4 heteroatoms. The summed E-state index contributed by atoms with van der Waals surface area (Å²) in [5.74, 6) is 0.937. The number of rotatable bonds is 4. The average Bonchev–Trinajstić information content (AvgIpc) is 2.64. The molecule has 0 aliphatic carbocycles. The third-order valence-corrected chi connectivity index (χ3v) is 5.97. The number of likely N-dealkylation sites (N-methyl/N-ethyl adjacent to an activating group) is 1. The predicted molar refractivity (Wildman–Crippen MR) is 103 cm³/mol. The molecule has 1 atom stereocenters. The first kappa shape index (κ1) is 18.4. The maximum atomic E-state index is 12.7. The van der Waals surface area contributed by atoms with E-state index in [0.29, 0.717) is 6.04 Å². The molecule has 4 nitrogen and oxygen atoms in total. The molecule has 0 aromatic heterocycles. The lowest BCUT2D eigenvalue weighted by atomic mass is 9.94. The van der Waals surface area contributed by atoms with Gasteiger partial charge in [0.25, 0.3) is 5.91 Å². The second-order valence-corrected chi connectivity index (χ2v) is 7.89. The molecule has 0 saturated carbocycles. The van der Waals surface area contributed by atoms with Gasteiger partial charge in [0.2, 0.25) is 0 Å². The van der Waals surface area contributed by atoms with Gasteiger partial charge >= 0.3 is 0 Å². The van der Waals surface area contributed by atoms with E-state index in [2.05, 4.69) is 42.8 Å². The number of piperazine rings is 1. The molecule has 0 unspecified atom stereocenters. The number of nitrogens with zero attached hydrogens (tertiary/aromatic N) is 3. The lowest BCUT2D eigenvalue weighted by Gasteiger charge is -2.41. The Labute approximate surface area is 152 Å². The van der Waals surface area contributed by atoms with Crippen LogP contribution in [0.15, 0.2) is 24.3 Å².